The molecule has 1 aliphatic rings. The molecule has 5 nitrogen and oxygen atoms in total. The van der Waals surface area contributed by atoms with E-state index in [1.807, 2.05) is 0 Å². The number of ether oxygens (including phenoxy) is 1. The number of piperidine rings is 1. The molecule has 1 atom stereocenters. The van der Waals surface area contributed by atoms with Crippen molar-refractivity contribution in [2.75, 3.05) is 13.7 Å². The molecule has 0 saturated carbocycles. The Morgan fingerprint density at radius 2 is 2.24 bits per heavy atom. The number of hydrogen-bond donors (Lipinski definition) is 0. The van der Waals surface area contributed by atoms with Gasteiger partial charge in [0.25, 0.3) is 0 Å². The molecule has 1 aromatic rings. The number of carbonyl (C=O) groups is 1. The Hall–Kier alpha value is -1.49. The van der Waals surface area contributed by atoms with Crippen LogP contribution in [0.3, 0.4) is 0 Å². The normalized spacial score (nSPS) is 21.1. The van der Waals surface area contributed by atoms with E-state index in [2.05, 4.69) is 14.9 Å². The van der Waals surface area contributed by atoms with E-state index < -0.39 is 0 Å². The Kier molecular flexibility index (Phi) is 4.03. The molecule has 0 spiro atoms. The van der Waals surface area contributed by atoms with Crippen LogP contribution >= 0.6 is 0 Å². The molecule has 1 aliphatic heterocycles. The number of likely N-dealkylation sites (tertiary alicyclic amines) is 1. The zero-order valence-electron chi connectivity index (χ0n) is 10.0. The Bertz CT molecular complexity index is 369. The summed E-state index contributed by atoms with van der Waals surface area (Å²) in [5, 5.41) is 0. The van der Waals surface area contributed by atoms with Gasteiger partial charge in [-0.15, -0.1) is 0 Å². The Balaban J connectivity index is 2.04. The van der Waals surface area contributed by atoms with E-state index in [0.717, 1.165) is 31.6 Å². The fraction of sp³-hybridized carbons (Fsp3) is 0.583. The summed E-state index contributed by atoms with van der Waals surface area (Å²) in [7, 11) is 1.44. The summed E-state index contributed by atoms with van der Waals surface area (Å²) in [4.78, 5) is 22.1. The molecule has 2 rings (SSSR count). The van der Waals surface area contributed by atoms with Crippen LogP contribution in [0.5, 0.6) is 0 Å². The maximum atomic E-state index is 11.7. The van der Waals surface area contributed by atoms with Crippen LogP contribution in [-0.2, 0) is 16.1 Å². The number of carbonyl (C=O) groups excluding carboxylic acids is 1. The van der Waals surface area contributed by atoms with Crippen molar-refractivity contribution in [3.8, 4) is 0 Å². The van der Waals surface area contributed by atoms with Gasteiger partial charge in [-0.05, 0) is 25.5 Å². The van der Waals surface area contributed by atoms with Crippen LogP contribution in [-0.4, -0.2) is 40.5 Å². The molecule has 0 aromatic carbocycles. The van der Waals surface area contributed by atoms with Gasteiger partial charge in [-0.3, -0.25) is 9.69 Å². The van der Waals surface area contributed by atoms with Gasteiger partial charge >= 0.3 is 5.97 Å². The molecule has 1 aromatic heterocycles. The van der Waals surface area contributed by atoms with Gasteiger partial charge in [0.1, 0.15) is 11.9 Å². The topological polar surface area (TPSA) is 55.3 Å². The molecule has 0 bridgehead atoms. The second-order valence-corrected chi connectivity index (χ2v) is 4.17. The number of hydrogen-bond acceptors (Lipinski definition) is 5. The highest BCUT2D eigenvalue weighted by molar-refractivity contribution is 5.75. The zero-order chi connectivity index (χ0) is 12.1. The minimum Gasteiger partial charge on any atom is -0.468 e. The average molecular weight is 235 g/mol. The predicted octanol–water partition coefficient (Wildman–Crippen LogP) is 1.00. The molecule has 0 aliphatic carbocycles. The van der Waals surface area contributed by atoms with Gasteiger partial charge < -0.3 is 4.74 Å². The lowest BCUT2D eigenvalue weighted by Gasteiger charge is -2.32. The van der Waals surface area contributed by atoms with Crippen LogP contribution in [0, 0.1) is 0 Å². The molecular formula is C12H17N3O2. The van der Waals surface area contributed by atoms with E-state index in [0.29, 0.717) is 6.54 Å². The highest BCUT2D eigenvalue weighted by Crippen LogP contribution is 2.19. The number of aromatic nitrogens is 2. The van der Waals surface area contributed by atoms with Gasteiger partial charge in [0.15, 0.2) is 0 Å². The summed E-state index contributed by atoms with van der Waals surface area (Å²) in [6.45, 7) is 1.51. The molecule has 5 heteroatoms. The molecule has 1 fully saturated rings. The number of esters is 1. The Morgan fingerprint density at radius 1 is 1.47 bits per heavy atom. The first-order valence-electron chi connectivity index (χ1n) is 5.89. The second kappa shape index (κ2) is 5.72. The lowest BCUT2D eigenvalue weighted by molar-refractivity contribution is -0.148. The third kappa shape index (κ3) is 3.00. The molecule has 17 heavy (non-hydrogen) atoms. The van der Waals surface area contributed by atoms with Crippen molar-refractivity contribution in [2.24, 2.45) is 0 Å². The number of methoxy groups -OCH3 is 1. The van der Waals surface area contributed by atoms with Crippen LogP contribution < -0.4 is 0 Å². The van der Waals surface area contributed by atoms with Crippen LogP contribution in [0.15, 0.2) is 18.5 Å². The van der Waals surface area contributed by atoms with Gasteiger partial charge in [-0.25, -0.2) is 9.97 Å². The second-order valence-electron chi connectivity index (χ2n) is 4.17. The fourth-order valence-electron chi connectivity index (χ4n) is 2.18. The minimum absolute atomic E-state index is 0.141. The summed E-state index contributed by atoms with van der Waals surface area (Å²) < 4.78 is 4.84. The van der Waals surface area contributed by atoms with Gasteiger partial charge in [0.2, 0.25) is 0 Å². The van der Waals surface area contributed by atoms with Gasteiger partial charge in [-0.1, -0.05) is 6.42 Å². The molecule has 0 amide bonds. The Morgan fingerprint density at radius 3 is 2.94 bits per heavy atom. The van der Waals surface area contributed by atoms with Crippen molar-refractivity contribution >= 4 is 5.97 Å². The highest BCUT2D eigenvalue weighted by atomic mass is 16.5. The van der Waals surface area contributed by atoms with E-state index in [-0.39, 0.29) is 12.0 Å². The lowest BCUT2D eigenvalue weighted by atomic mass is 10.0. The standard InChI is InChI=1S/C12H17N3O2/c1-17-12(16)10-5-2-3-8-15(10)9-11-13-6-4-7-14-11/h4,6-7,10H,2-3,5,8-9H2,1H3/t10-/m1/s1. The number of rotatable bonds is 3. The first kappa shape index (κ1) is 12.0. The number of nitrogens with zero attached hydrogens (tertiary/aromatic N) is 3. The molecular weight excluding hydrogens is 218 g/mol. The van der Waals surface area contributed by atoms with Crippen LogP contribution in [0.25, 0.3) is 0 Å². The van der Waals surface area contributed by atoms with Crippen LogP contribution in [0.1, 0.15) is 25.1 Å². The van der Waals surface area contributed by atoms with Gasteiger partial charge in [-0.2, -0.15) is 0 Å². The summed E-state index contributed by atoms with van der Waals surface area (Å²) in [5.41, 5.74) is 0. The maximum Gasteiger partial charge on any atom is 0.323 e. The van der Waals surface area contributed by atoms with Crippen LogP contribution in [0.2, 0.25) is 0 Å². The fourth-order valence-corrected chi connectivity index (χ4v) is 2.18. The maximum absolute atomic E-state index is 11.7. The van der Waals surface area contributed by atoms with E-state index in [1.165, 1.54) is 7.11 Å². The van der Waals surface area contributed by atoms with E-state index in [1.54, 1.807) is 18.5 Å². The summed E-state index contributed by atoms with van der Waals surface area (Å²) in [5.74, 6) is 0.601. The first-order chi connectivity index (χ1) is 8.31. The zero-order valence-corrected chi connectivity index (χ0v) is 10.0. The summed E-state index contributed by atoms with van der Waals surface area (Å²) in [6.07, 6.45) is 6.49. The monoisotopic (exact) mass is 235 g/mol. The van der Waals surface area contributed by atoms with E-state index in [4.69, 9.17) is 4.74 Å². The van der Waals surface area contributed by atoms with E-state index >= 15 is 0 Å². The average Bonchev–Trinajstić information content (AvgIpc) is 2.40. The lowest BCUT2D eigenvalue weighted by Crippen LogP contribution is -2.44. The van der Waals surface area contributed by atoms with Crippen molar-refractivity contribution < 1.29 is 9.53 Å². The Labute approximate surface area is 101 Å². The smallest absolute Gasteiger partial charge is 0.323 e. The summed E-state index contributed by atoms with van der Waals surface area (Å²) >= 11 is 0. The van der Waals surface area contributed by atoms with Gasteiger partial charge in [0.05, 0.1) is 13.7 Å². The van der Waals surface area contributed by atoms with Crippen molar-refractivity contribution in [1.82, 2.24) is 14.9 Å². The third-order valence-electron chi connectivity index (χ3n) is 3.05. The minimum atomic E-state index is -0.152. The van der Waals surface area contributed by atoms with Crippen molar-refractivity contribution in [1.29, 1.82) is 0 Å². The first-order valence-corrected chi connectivity index (χ1v) is 5.89. The van der Waals surface area contributed by atoms with Crippen molar-refractivity contribution in [3.63, 3.8) is 0 Å². The van der Waals surface area contributed by atoms with Gasteiger partial charge in [0, 0.05) is 12.4 Å². The molecule has 0 radical (unpaired) electrons. The molecule has 0 N–H and O–H groups in total. The quantitative estimate of drug-likeness (QED) is 0.732. The molecule has 1 saturated heterocycles. The van der Waals surface area contributed by atoms with Crippen molar-refractivity contribution in [3.05, 3.63) is 24.3 Å². The third-order valence-corrected chi connectivity index (χ3v) is 3.05. The van der Waals surface area contributed by atoms with E-state index in [9.17, 15) is 4.79 Å². The molecule has 0 unspecified atom stereocenters. The van der Waals surface area contributed by atoms with Crippen LogP contribution in [0.4, 0.5) is 0 Å². The largest absolute Gasteiger partial charge is 0.468 e. The molecule has 2 heterocycles. The summed E-state index contributed by atoms with van der Waals surface area (Å²) in [6, 6.07) is 1.65. The predicted molar refractivity (Wildman–Crippen MR) is 62.1 cm³/mol. The van der Waals surface area contributed by atoms with Crippen molar-refractivity contribution in [2.45, 2.75) is 31.8 Å². The SMILES string of the molecule is COC(=O)[C@H]1CCCCN1Cc1ncccn1. The molecule has 92 valence electrons. The highest BCUT2D eigenvalue weighted by Gasteiger charge is 2.29.